The van der Waals surface area contributed by atoms with Crippen molar-refractivity contribution in [1.82, 2.24) is 15.3 Å². The average molecular weight is 332 g/mol. The van der Waals surface area contributed by atoms with Crippen LogP contribution in [0.5, 0.6) is 0 Å². The molecule has 1 aliphatic rings. The summed E-state index contributed by atoms with van der Waals surface area (Å²) in [6, 6.07) is 0. The van der Waals surface area contributed by atoms with Crippen molar-refractivity contribution in [2.24, 2.45) is 0 Å². The molecule has 21 heavy (non-hydrogen) atoms. The Morgan fingerprint density at radius 1 is 1.48 bits per heavy atom. The van der Waals surface area contributed by atoms with Gasteiger partial charge in [-0.3, -0.25) is 4.79 Å². The molecule has 116 valence electrons. The number of carbonyl (C=O) groups excluding carboxylic acids is 1. The highest BCUT2D eigenvalue weighted by molar-refractivity contribution is 7.91. The molecule has 1 N–H and O–H groups in total. The molecule has 0 bridgehead atoms. The Kier molecular flexibility index (Phi) is 4.26. The minimum Gasteiger partial charge on any atom is -0.344 e. The molecule has 0 saturated carbocycles. The van der Waals surface area contributed by atoms with Crippen LogP contribution in [-0.2, 0) is 9.84 Å². The highest BCUT2D eigenvalue weighted by Crippen LogP contribution is 2.24. The molecule has 0 radical (unpaired) electrons. The first-order valence-corrected chi connectivity index (χ1v) is 8.87. The van der Waals surface area contributed by atoms with Gasteiger partial charge in [-0.1, -0.05) is 25.4 Å². The van der Waals surface area contributed by atoms with Crippen LogP contribution in [0.15, 0.2) is 6.20 Å². The van der Waals surface area contributed by atoms with Crippen molar-refractivity contribution in [2.45, 2.75) is 38.6 Å². The first-order valence-electron chi connectivity index (χ1n) is 6.67. The number of amides is 1. The van der Waals surface area contributed by atoms with Crippen molar-refractivity contribution in [3.63, 3.8) is 0 Å². The van der Waals surface area contributed by atoms with Gasteiger partial charge in [-0.15, -0.1) is 0 Å². The molecule has 1 unspecified atom stereocenters. The fourth-order valence-corrected chi connectivity index (χ4v) is 4.53. The fourth-order valence-electron chi connectivity index (χ4n) is 2.26. The average Bonchev–Trinajstić information content (AvgIpc) is 2.63. The molecular weight excluding hydrogens is 314 g/mol. The summed E-state index contributed by atoms with van der Waals surface area (Å²) < 4.78 is 23.1. The van der Waals surface area contributed by atoms with Gasteiger partial charge in [0, 0.05) is 5.92 Å². The molecule has 1 amide bonds. The maximum Gasteiger partial charge on any atom is 0.272 e. The van der Waals surface area contributed by atoms with E-state index in [0.29, 0.717) is 12.2 Å². The first-order chi connectivity index (χ1) is 9.62. The molecule has 1 aromatic heterocycles. The van der Waals surface area contributed by atoms with Crippen LogP contribution < -0.4 is 5.32 Å². The summed E-state index contributed by atoms with van der Waals surface area (Å²) in [6.45, 7) is 5.54. The standard InChI is InChI=1S/C13H18ClN3O3S/c1-8(2)11-15-6-9(14)10(16-11)12(18)17-13(3)4-5-21(19,20)7-13/h6,8H,4-5,7H2,1-3H3,(H,17,18). The molecule has 1 aromatic rings. The molecular formula is C13H18ClN3O3S. The zero-order chi connectivity index (χ0) is 15.8. The lowest BCUT2D eigenvalue weighted by molar-refractivity contribution is 0.0910. The minimum atomic E-state index is -3.09. The summed E-state index contributed by atoms with van der Waals surface area (Å²) in [7, 11) is -3.09. The monoisotopic (exact) mass is 331 g/mol. The number of aromatic nitrogens is 2. The third kappa shape index (κ3) is 3.71. The number of rotatable bonds is 3. The van der Waals surface area contributed by atoms with Gasteiger partial charge in [0.2, 0.25) is 0 Å². The lowest BCUT2D eigenvalue weighted by Gasteiger charge is -2.23. The van der Waals surface area contributed by atoms with E-state index in [1.165, 1.54) is 6.20 Å². The largest absolute Gasteiger partial charge is 0.344 e. The van der Waals surface area contributed by atoms with Gasteiger partial charge < -0.3 is 5.32 Å². The maximum absolute atomic E-state index is 12.3. The number of nitrogens with one attached hydrogen (secondary N) is 1. The number of hydrogen-bond acceptors (Lipinski definition) is 5. The number of sulfone groups is 1. The lowest BCUT2D eigenvalue weighted by atomic mass is 10.0. The van der Waals surface area contributed by atoms with E-state index < -0.39 is 21.3 Å². The highest BCUT2D eigenvalue weighted by Gasteiger charge is 2.40. The predicted molar refractivity (Wildman–Crippen MR) is 80.3 cm³/mol. The van der Waals surface area contributed by atoms with Gasteiger partial charge in [-0.05, 0) is 13.3 Å². The van der Waals surface area contributed by atoms with E-state index in [1.807, 2.05) is 13.8 Å². The van der Waals surface area contributed by atoms with Crippen LogP contribution >= 0.6 is 11.6 Å². The van der Waals surface area contributed by atoms with Crippen molar-refractivity contribution in [3.05, 3.63) is 22.7 Å². The molecule has 1 aliphatic heterocycles. The van der Waals surface area contributed by atoms with E-state index in [2.05, 4.69) is 15.3 Å². The van der Waals surface area contributed by atoms with Crippen LogP contribution in [0.1, 0.15) is 49.4 Å². The van der Waals surface area contributed by atoms with E-state index in [-0.39, 0.29) is 28.1 Å². The number of carbonyl (C=O) groups is 1. The molecule has 1 saturated heterocycles. The van der Waals surface area contributed by atoms with Crippen molar-refractivity contribution < 1.29 is 13.2 Å². The van der Waals surface area contributed by atoms with Gasteiger partial charge in [0.15, 0.2) is 9.84 Å². The van der Waals surface area contributed by atoms with Crippen molar-refractivity contribution in [3.8, 4) is 0 Å². The summed E-state index contributed by atoms with van der Waals surface area (Å²) in [5.74, 6) is 0.137. The second kappa shape index (κ2) is 5.53. The van der Waals surface area contributed by atoms with Gasteiger partial charge in [-0.25, -0.2) is 18.4 Å². The molecule has 2 rings (SSSR count). The van der Waals surface area contributed by atoms with Crippen molar-refractivity contribution in [2.75, 3.05) is 11.5 Å². The third-order valence-corrected chi connectivity index (χ3v) is 5.59. The Morgan fingerprint density at radius 3 is 2.67 bits per heavy atom. The lowest BCUT2D eigenvalue weighted by Crippen LogP contribution is -2.47. The molecule has 8 heteroatoms. The zero-order valence-electron chi connectivity index (χ0n) is 12.2. The van der Waals surface area contributed by atoms with E-state index in [4.69, 9.17) is 11.6 Å². The highest BCUT2D eigenvalue weighted by atomic mass is 35.5. The Morgan fingerprint density at radius 2 is 2.14 bits per heavy atom. The summed E-state index contributed by atoms with van der Waals surface area (Å²) in [5.41, 5.74) is -0.691. The molecule has 0 spiro atoms. The normalized spacial score (nSPS) is 24.2. The molecule has 0 aromatic carbocycles. The zero-order valence-corrected chi connectivity index (χ0v) is 13.8. The van der Waals surface area contributed by atoms with Crippen molar-refractivity contribution >= 4 is 27.3 Å². The molecule has 0 aliphatic carbocycles. The van der Waals surface area contributed by atoms with Gasteiger partial charge in [0.05, 0.1) is 28.3 Å². The fraction of sp³-hybridized carbons (Fsp3) is 0.615. The number of hydrogen-bond donors (Lipinski definition) is 1. The van der Waals surface area contributed by atoms with Crippen LogP contribution in [0.25, 0.3) is 0 Å². The van der Waals surface area contributed by atoms with Crippen molar-refractivity contribution in [1.29, 1.82) is 0 Å². The molecule has 1 atom stereocenters. The molecule has 2 heterocycles. The minimum absolute atomic E-state index is 0.0640. The predicted octanol–water partition coefficient (Wildman–Crippen LogP) is 1.56. The number of halogens is 1. The Labute approximate surface area is 129 Å². The third-order valence-electron chi connectivity index (χ3n) is 3.41. The van der Waals surface area contributed by atoms with Gasteiger partial charge in [-0.2, -0.15) is 0 Å². The van der Waals surface area contributed by atoms with Gasteiger partial charge in [0.1, 0.15) is 11.5 Å². The summed E-state index contributed by atoms with van der Waals surface area (Å²) in [4.78, 5) is 20.6. The summed E-state index contributed by atoms with van der Waals surface area (Å²) in [6.07, 6.45) is 1.79. The Balaban J connectivity index is 2.23. The van der Waals surface area contributed by atoms with Crippen LogP contribution in [0.2, 0.25) is 5.02 Å². The number of nitrogens with zero attached hydrogens (tertiary/aromatic N) is 2. The van der Waals surface area contributed by atoms with E-state index >= 15 is 0 Å². The second-order valence-electron chi connectivity index (χ2n) is 5.94. The molecule has 1 fully saturated rings. The summed E-state index contributed by atoms with van der Waals surface area (Å²) in [5, 5.41) is 2.90. The Bertz CT molecular complexity index is 675. The second-order valence-corrected chi connectivity index (χ2v) is 8.53. The van der Waals surface area contributed by atoms with Crippen LogP contribution in [0.4, 0.5) is 0 Å². The van der Waals surface area contributed by atoms with E-state index in [9.17, 15) is 13.2 Å². The van der Waals surface area contributed by atoms with Crippen LogP contribution in [0, 0.1) is 0 Å². The molecule has 6 nitrogen and oxygen atoms in total. The van der Waals surface area contributed by atoms with Crippen LogP contribution in [0.3, 0.4) is 0 Å². The van der Waals surface area contributed by atoms with Gasteiger partial charge >= 0.3 is 0 Å². The van der Waals surface area contributed by atoms with Crippen LogP contribution in [-0.4, -0.2) is 41.3 Å². The van der Waals surface area contributed by atoms with E-state index in [1.54, 1.807) is 6.92 Å². The quantitative estimate of drug-likeness (QED) is 0.908. The smallest absolute Gasteiger partial charge is 0.272 e. The van der Waals surface area contributed by atoms with E-state index in [0.717, 1.165) is 0 Å². The SMILES string of the molecule is CC(C)c1ncc(Cl)c(C(=O)NC2(C)CCS(=O)(=O)C2)n1. The maximum atomic E-state index is 12.3. The van der Waals surface area contributed by atoms with Gasteiger partial charge in [0.25, 0.3) is 5.91 Å². The first kappa shape index (κ1) is 16.2. The topological polar surface area (TPSA) is 89.0 Å². The summed E-state index contributed by atoms with van der Waals surface area (Å²) >= 11 is 5.98. The Hall–Kier alpha value is -1.21.